The van der Waals surface area contributed by atoms with Crippen molar-refractivity contribution >= 4 is 21.4 Å². The maximum Gasteiger partial charge on any atom is 0.0449 e. The van der Waals surface area contributed by atoms with Crippen LogP contribution in [0.5, 0.6) is 0 Å². The Labute approximate surface area is 93.3 Å². The number of fused-ring (bicyclic) bond motifs is 1. The van der Waals surface area contributed by atoms with Crippen LogP contribution >= 0.6 is 11.3 Å². The van der Waals surface area contributed by atoms with E-state index < -0.39 is 0 Å². The van der Waals surface area contributed by atoms with E-state index in [1.807, 2.05) is 12.1 Å². The quantitative estimate of drug-likeness (QED) is 0.836. The first-order chi connectivity index (χ1) is 7.24. The Balaban J connectivity index is 2.48. The number of benzene rings is 1. The number of rotatable bonds is 3. The average Bonchev–Trinajstić information content (AvgIpc) is 2.57. The molecule has 0 bridgehead atoms. The minimum atomic E-state index is -0.0348. The number of aryl methyl sites for hydroxylation is 1. The molecule has 1 unspecified atom stereocenters. The maximum atomic E-state index is 8.89. The normalized spacial score (nSPS) is 13.3. The van der Waals surface area contributed by atoms with Crippen molar-refractivity contribution in [2.24, 2.45) is 5.73 Å². The molecule has 0 radical (unpaired) electrons. The molecular formula is C12H15NOS. The highest BCUT2D eigenvalue weighted by Crippen LogP contribution is 2.34. The Bertz CT molecular complexity index is 464. The Kier molecular flexibility index (Phi) is 3.05. The molecule has 0 aliphatic carbocycles. The molecule has 1 atom stereocenters. The third-order valence-corrected chi connectivity index (χ3v) is 4.06. The first-order valence-corrected chi connectivity index (χ1v) is 5.90. The van der Waals surface area contributed by atoms with E-state index in [2.05, 4.69) is 19.1 Å². The number of hydrogen-bond acceptors (Lipinski definition) is 3. The molecule has 0 aliphatic heterocycles. The van der Waals surface area contributed by atoms with Crippen LogP contribution < -0.4 is 5.73 Å². The lowest BCUT2D eigenvalue weighted by Gasteiger charge is -2.08. The van der Waals surface area contributed by atoms with Gasteiger partial charge in [0.1, 0.15) is 0 Å². The number of hydrogen-bond donors (Lipinski definition) is 2. The molecule has 0 spiro atoms. The second-order valence-electron chi connectivity index (χ2n) is 3.71. The summed E-state index contributed by atoms with van der Waals surface area (Å²) in [5.41, 5.74) is 7.28. The summed E-state index contributed by atoms with van der Waals surface area (Å²) in [5.74, 6) is 0. The minimum absolute atomic E-state index is 0.0348. The zero-order valence-electron chi connectivity index (χ0n) is 8.73. The van der Waals surface area contributed by atoms with E-state index in [-0.39, 0.29) is 12.6 Å². The molecular weight excluding hydrogens is 206 g/mol. The fraction of sp³-hybridized carbons (Fsp3) is 0.333. The van der Waals surface area contributed by atoms with Crippen molar-refractivity contribution in [1.29, 1.82) is 0 Å². The second-order valence-corrected chi connectivity index (χ2v) is 4.79. The summed E-state index contributed by atoms with van der Waals surface area (Å²) in [4.78, 5) is 1.20. The van der Waals surface area contributed by atoms with Gasteiger partial charge in [-0.25, -0.2) is 0 Å². The van der Waals surface area contributed by atoms with Crippen LogP contribution in [0.25, 0.3) is 10.1 Å². The van der Waals surface area contributed by atoms with Gasteiger partial charge in [-0.15, -0.1) is 11.3 Å². The third kappa shape index (κ3) is 1.91. The molecule has 1 aromatic carbocycles. The van der Waals surface area contributed by atoms with Crippen molar-refractivity contribution in [3.05, 3.63) is 34.7 Å². The highest BCUT2D eigenvalue weighted by atomic mass is 32.1. The zero-order valence-corrected chi connectivity index (χ0v) is 9.55. The van der Waals surface area contributed by atoms with Crippen LogP contribution in [0.15, 0.2) is 24.3 Å². The van der Waals surface area contributed by atoms with Crippen molar-refractivity contribution in [2.45, 2.75) is 19.4 Å². The van der Waals surface area contributed by atoms with Crippen LogP contribution in [0, 0.1) is 6.92 Å². The topological polar surface area (TPSA) is 46.2 Å². The summed E-state index contributed by atoms with van der Waals surface area (Å²) >= 11 is 1.74. The maximum absolute atomic E-state index is 8.89. The predicted octanol–water partition coefficient (Wildman–Crippen LogP) is 2.59. The van der Waals surface area contributed by atoms with E-state index in [0.717, 1.165) is 0 Å². The SMILES string of the molecule is Cc1c(C(N)CCO)sc2ccccc12. The van der Waals surface area contributed by atoms with E-state index in [1.54, 1.807) is 11.3 Å². The number of aliphatic hydroxyl groups is 1. The van der Waals surface area contributed by atoms with Gasteiger partial charge in [-0.3, -0.25) is 0 Å². The average molecular weight is 221 g/mol. The number of aliphatic hydroxyl groups excluding tert-OH is 1. The van der Waals surface area contributed by atoms with Gasteiger partial charge < -0.3 is 10.8 Å². The lowest BCUT2D eigenvalue weighted by molar-refractivity contribution is 0.277. The highest BCUT2D eigenvalue weighted by molar-refractivity contribution is 7.19. The van der Waals surface area contributed by atoms with E-state index in [4.69, 9.17) is 10.8 Å². The summed E-state index contributed by atoms with van der Waals surface area (Å²) in [5, 5.41) is 10.2. The fourth-order valence-electron chi connectivity index (χ4n) is 1.82. The molecule has 3 heteroatoms. The van der Waals surface area contributed by atoms with Gasteiger partial charge in [0, 0.05) is 22.2 Å². The van der Waals surface area contributed by atoms with E-state index in [9.17, 15) is 0 Å². The van der Waals surface area contributed by atoms with Gasteiger partial charge in [0.05, 0.1) is 0 Å². The van der Waals surface area contributed by atoms with Crippen LogP contribution in [0.3, 0.4) is 0 Å². The second kappa shape index (κ2) is 4.31. The molecule has 2 aromatic rings. The lowest BCUT2D eigenvalue weighted by atomic mass is 10.1. The molecule has 15 heavy (non-hydrogen) atoms. The van der Waals surface area contributed by atoms with Gasteiger partial charge in [-0.05, 0) is 30.4 Å². The molecule has 1 aromatic heterocycles. The Morgan fingerprint density at radius 3 is 2.80 bits per heavy atom. The summed E-state index contributed by atoms with van der Waals surface area (Å²) in [6, 6.07) is 8.29. The Hall–Kier alpha value is -0.900. The zero-order chi connectivity index (χ0) is 10.8. The first kappa shape index (κ1) is 10.6. The van der Waals surface area contributed by atoms with E-state index in [0.29, 0.717) is 6.42 Å². The molecule has 2 nitrogen and oxygen atoms in total. The molecule has 0 aliphatic rings. The van der Waals surface area contributed by atoms with Crippen molar-refractivity contribution in [3.8, 4) is 0 Å². The molecule has 2 rings (SSSR count). The van der Waals surface area contributed by atoms with Crippen LogP contribution in [-0.2, 0) is 0 Å². The van der Waals surface area contributed by atoms with Crippen LogP contribution in [0.1, 0.15) is 22.9 Å². The smallest absolute Gasteiger partial charge is 0.0449 e. The van der Waals surface area contributed by atoms with Gasteiger partial charge in [-0.2, -0.15) is 0 Å². The summed E-state index contributed by atoms with van der Waals surface area (Å²) < 4.78 is 1.28. The van der Waals surface area contributed by atoms with E-state index >= 15 is 0 Å². The Morgan fingerprint density at radius 2 is 2.13 bits per heavy atom. The van der Waals surface area contributed by atoms with Crippen LogP contribution in [0.4, 0.5) is 0 Å². The van der Waals surface area contributed by atoms with Crippen molar-refractivity contribution < 1.29 is 5.11 Å². The molecule has 0 saturated heterocycles. The monoisotopic (exact) mass is 221 g/mol. The van der Waals surface area contributed by atoms with Gasteiger partial charge in [0.25, 0.3) is 0 Å². The molecule has 0 fully saturated rings. The van der Waals surface area contributed by atoms with Gasteiger partial charge in [0.2, 0.25) is 0 Å². The standard InChI is InChI=1S/C12H15NOS/c1-8-9-4-2-3-5-11(9)15-12(8)10(13)6-7-14/h2-5,10,14H,6-7,13H2,1H3. The third-order valence-electron chi connectivity index (χ3n) is 2.66. The summed E-state index contributed by atoms with van der Waals surface area (Å²) in [6.07, 6.45) is 0.633. The van der Waals surface area contributed by atoms with Crippen LogP contribution in [0.2, 0.25) is 0 Å². The minimum Gasteiger partial charge on any atom is -0.396 e. The highest BCUT2D eigenvalue weighted by Gasteiger charge is 2.13. The Morgan fingerprint density at radius 1 is 1.40 bits per heavy atom. The first-order valence-electron chi connectivity index (χ1n) is 5.08. The van der Waals surface area contributed by atoms with Gasteiger partial charge >= 0.3 is 0 Å². The molecule has 0 saturated carbocycles. The number of thiophene rings is 1. The summed E-state index contributed by atoms with van der Waals surface area (Å²) in [7, 11) is 0. The summed E-state index contributed by atoms with van der Waals surface area (Å²) in [6.45, 7) is 2.25. The van der Waals surface area contributed by atoms with E-state index in [1.165, 1.54) is 20.5 Å². The lowest BCUT2D eigenvalue weighted by Crippen LogP contribution is -2.11. The molecule has 0 amide bonds. The molecule has 3 N–H and O–H groups in total. The van der Waals surface area contributed by atoms with Crippen molar-refractivity contribution in [1.82, 2.24) is 0 Å². The van der Waals surface area contributed by atoms with Gasteiger partial charge in [0.15, 0.2) is 0 Å². The molecule has 1 heterocycles. The fourth-order valence-corrected chi connectivity index (χ4v) is 3.06. The van der Waals surface area contributed by atoms with Crippen molar-refractivity contribution in [3.63, 3.8) is 0 Å². The number of nitrogens with two attached hydrogens (primary N) is 1. The predicted molar refractivity (Wildman–Crippen MR) is 65.2 cm³/mol. The molecule has 80 valence electrons. The van der Waals surface area contributed by atoms with Crippen molar-refractivity contribution in [2.75, 3.05) is 6.61 Å². The van der Waals surface area contributed by atoms with Gasteiger partial charge in [-0.1, -0.05) is 18.2 Å². The van der Waals surface area contributed by atoms with Crippen LogP contribution in [-0.4, -0.2) is 11.7 Å². The largest absolute Gasteiger partial charge is 0.396 e.